The van der Waals surface area contributed by atoms with Crippen molar-refractivity contribution in [2.24, 2.45) is 0 Å². The van der Waals surface area contributed by atoms with E-state index in [4.69, 9.17) is 9.72 Å². The Hall–Kier alpha value is -2.20. The van der Waals surface area contributed by atoms with Crippen LogP contribution in [-0.2, 0) is 4.74 Å². The van der Waals surface area contributed by atoms with E-state index < -0.39 is 0 Å². The maximum atomic E-state index is 5.41. The summed E-state index contributed by atoms with van der Waals surface area (Å²) in [4.78, 5) is 9.62. The molecule has 26 heavy (non-hydrogen) atoms. The zero-order valence-electron chi connectivity index (χ0n) is 16.7. The van der Waals surface area contributed by atoms with Gasteiger partial charge in [-0.25, -0.2) is 4.98 Å². The maximum absolute atomic E-state index is 5.41. The van der Waals surface area contributed by atoms with E-state index in [-0.39, 0.29) is 0 Å². The number of fused-ring (bicyclic) bond motifs is 1. The second kappa shape index (κ2) is 7.58. The van der Waals surface area contributed by atoms with Gasteiger partial charge in [0, 0.05) is 30.8 Å². The Balaban J connectivity index is 2.09. The Kier molecular flexibility index (Phi) is 5.42. The molecule has 1 atom stereocenters. The lowest BCUT2D eigenvalue weighted by molar-refractivity contribution is 0.155. The minimum absolute atomic E-state index is 0.329. The molecular weight excluding hydrogens is 322 g/mol. The Morgan fingerprint density at radius 2 is 1.92 bits per heavy atom. The van der Waals surface area contributed by atoms with Crippen molar-refractivity contribution in [2.45, 2.75) is 53.0 Å². The van der Waals surface area contributed by atoms with Gasteiger partial charge < -0.3 is 9.30 Å². The Labute approximate surface area is 156 Å². The quantitative estimate of drug-likeness (QED) is 0.594. The van der Waals surface area contributed by atoms with Crippen LogP contribution in [0.2, 0.25) is 0 Å². The van der Waals surface area contributed by atoms with Crippen LogP contribution in [0.1, 0.15) is 56.0 Å². The molecule has 0 radical (unpaired) electrons. The van der Waals surface area contributed by atoms with Crippen LogP contribution in [0, 0.1) is 13.8 Å². The summed E-state index contributed by atoms with van der Waals surface area (Å²) in [6.07, 6.45) is 5.18. The van der Waals surface area contributed by atoms with Crippen LogP contribution in [0.3, 0.4) is 0 Å². The Bertz CT molecular complexity index is 894. The van der Waals surface area contributed by atoms with Crippen LogP contribution in [0.25, 0.3) is 22.3 Å². The molecule has 3 rings (SSSR count). The van der Waals surface area contributed by atoms with Crippen LogP contribution in [-0.4, -0.2) is 28.3 Å². The number of hydrogen-bond donors (Lipinski definition) is 0. The van der Waals surface area contributed by atoms with Crippen LogP contribution in [0.15, 0.2) is 30.6 Å². The second-order valence-electron chi connectivity index (χ2n) is 7.38. The molecule has 0 unspecified atom stereocenters. The van der Waals surface area contributed by atoms with E-state index in [0.717, 1.165) is 28.9 Å². The van der Waals surface area contributed by atoms with E-state index in [0.29, 0.717) is 18.6 Å². The van der Waals surface area contributed by atoms with Crippen LogP contribution >= 0.6 is 0 Å². The molecule has 3 aromatic rings. The minimum atomic E-state index is 0.329. The number of ether oxygens (including phenoxy) is 1. The molecule has 0 bridgehead atoms. The SMILES string of the molecule is CC[C@H](COC)n1cc(C)c2nc(-c3ccc(C(C)C)nc3)c(C)cc21. The number of aromatic nitrogens is 3. The van der Waals surface area contributed by atoms with Gasteiger partial charge >= 0.3 is 0 Å². The highest BCUT2D eigenvalue weighted by Crippen LogP contribution is 2.30. The van der Waals surface area contributed by atoms with Gasteiger partial charge in [-0.3, -0.25) is 4.98 Å². The molecular formula is C22H29N3O. The van der Waals surface area contributed by atoms with E-state index in [1.54, 1.807) is 7.11 Å². The van der Waals surface area contributed by atoms with Gasteiger partial charge in [0.2, 0.25) is 0 Å². The fourth-order valence-corrected chi connectivity index (χ4v) is 3.49. The summed E-state index contributed by atoms with van der Waals surface area (Å²) in [5, 5.41) is 0. The molecule has 3 heterocycles. The lowest BCUT2D eigenvalue weighted by Gasteiger charge is -2.18. The smallest absolute Gasteiger partial charge is 0.0917 e. The first-order chi connectivity index (χ1) is 12.5. The zero-order chi connectivity index (χ0) is 18.8. The molecule has 0 aromatic carbocycles. The summed E-state index contributed by atoms with van der Waals surface area (Å²) >= 11 is 0. The van der Waals surface area contributed by atoms with Gasteiger partial charge in [0.25, 0.3) is 0 Å². The van der Waals surface area contributed by atoms with Crippen molar-refractivity contribution in [1.82, 2.24) is 14.5 Å². The normalized spacial score (nSPS) is 12.9. The zero-order valence-corrected chi connectivity index (χ0v) is 16.7. The lowest BCUT2D eigenvalue weighted by Crippen LogP contribution is -2.13. The topological polar surface area (TPSA) is 39.9 Å². The molecule has 0 amide bonds. The molecule has 4 heteroatoms. The number of methoxy groups -OCH3 is 1. The monoisotopic (exact) mass is 351 g/mol. The fourth-order valence-electron chi connectivity index (χ4n) is 3.49. The summed E-state index contributed by atoms with van der Waals surface area (Å²) in [5.74, 6) is 0.434. The molecule has 4 nitrogen and oxygen atoms in total. The molecule has 0 fully saturated rings. The number of hydrogen-bond acceptors (Lipinski definition) is 3. The van der Waals surface area contributed by atoms with E-state index in [9.17, 15) is 0 Å². The molecule has 138 valence electrons. The van der Waals surface area contributed by atoms with Gasteiger partial charge in [-0.05, 0) is 55.5 Å². The van der Waals surface area contributed by atoms with E-state index >= 15 is 0 Å². The number of rotatable bonds is 6. The summed E-state index contributed by atoms with van der Waals surface area (Å²) < 4.78 is 7.73. The summed E-state index contributed by atoms with van der Waals surface area (Å²) in [6.45, 7) is 11.5. The number of nitrogens with zero attached hydrogens (tertiary/aromatic N) is 3. The highest BCUT2D eigenvalue weighted by Gasteiger charge is 2.17. The first-order valence-electron chi connectivity index (χ1n) is 9.40. The fraction of sp³-hybridized carbons (Fsp3) is 0.455. The third-order valence-electron chi connectivity index (χ3n) is 5.05. The van der Waals surface area contributed by atoms with Crippen molar-refractivity contribution in [3.8, 4) is 11.3 Å². The van der Waals surface area contributed by atoms with Gasteiger partial charge in [-0.15, -0.1) is 0 Å². The summed E-state index contributed by atoms with van der Waals surface area (Å²) in [5.41, 5.74) is 7.81. The Morgan fingerprint density at radius 3 is 2.50 bits per heavy atom. The van der Waals surface area contributed by atoms with Gasteiger partial charge in [0.1, 0.15) is 0 Å². The van der Waals surface area contributed by atoms with Gasteiger partial charge in [-0.1, -0.05) is 20.8 Å². The van der Waals surface area contributed by atoms with E-state index in [1.165, 1.54) is 16.6 Å². The van der Waals surface area contributed by atoms with Gasteiger partial charge in [0.15, 0.2) is 0 Å². The van der Waals surface area contributed by atoms with Gasteiger partial charge in [-0.2, -0.15) is 0 Å². The third kappa shape index (κ3) is 3.38. The van der Waals surface area contributed by atoms with E-state index in [1.807, 2.05) is 6.20 Å². The Morgan fingerprint density at radius 1 is 1.15 bits per heavy atom. The predicted octanol–water partition coefficient (Wildman–Crippen LogP) is 5.44. The highest BCUT2D eigenvalue weighted by molar-refractivity contribution is 5.84. The molecule has 0 spiro atoms. The molecule has 3 aromatic heterocycles. The molecule has 0 N–H and O–H groups in total. The number of aryl methyl sites for hydroxylation is 2. The first kappa shape index (κ1) is 18.6. The van der Waals surface area contributed by atoms with Crippen molar-refractivity contribution in [1.29, 1.82) is 0 Å². The molecule has 0 aliphatic heterocycles. The summed E-state index contributed by atoms with van der Waals surface area (Å²) in [7, 11) is 1.76. The first-order valence-corrected chi connectivity index (χ1v) is 9.40. The van der Waals surface area contributed by atoms with Crippen molar-refractivity contribution in [2.75, 3.05) is 13.7 Å². The summed E-state index contributed by atoms with van der Waals surface area (Å²) in [6, 6.07) is 6.82. The minimum Gasteiger partial charge on any atom is -0.383 e. The average Bonchev–Trinajstić information content (AvgIpc) is 2.94. The lowest BCUT2D eigenvalue weighted by atomic mass is 10.0. The maximum Gasteiger partial charge on any atom is 0.0917 e. The highest BCUT2D eigenvalue weighted by atomic mass is 16.5. The molecule has 0 aliphatic carbocycles. The van der Waals surface area contributed by atoms with E-state index in [2.05, 4.69) is 68.6 Å². The molecule has 0 aliphatic rings. The second-order valence-corrected chi connectivity index (χ2v) is 7.38. The standard InChI is InChI=1S/C22H29N3O/c1-7-18(13-26-6)25-12-16(5)22-20(25)10-15(4)21(24-22)17-8-9-19(14(2)3)23-11-17/h8-12,14,18H,7,13H2,1-6H3/t18-/m1/s1. The number of pyridine rings is 2. The average molecular weight is 351 g/mol. The van der Waals surface area contributed by atoms with Crippen molar-refractivity contribution < 1.29 is 4.74 Å². The van der Waals surface area contributed by atoms with Crippen LogP contribution < -0.4 is 0 Å². The van der Waals surface area contributed by atoms with Crippen molar-refractivity contribution in [3.05, 3.63) is 47.4 Å². The van der Waals surface area contributed by atoms with Gasteiger partial charge in [0.05, 0.1) is 29.4 Å². The molecule has 0 saturated carbocycles. The van der Waals surface area contributed by atoms with Crippen molar-refractivity contribution in [3.63, 3.8) is 0 Å². The largest absolute Gasteiger partial charge is 0.383 e. The predicted molar refractivity (Wildman–Crippen MR) is 108 cm³/mol. The van der Waals surface area contributed by atoms with Crippen LogP contribution in [0.4, 0.5) is 0 Å². The molecule has 0 saturated heterocycles. The van der Waals surface area contributed by atoms with Crippen molar-refractivity contribution >= 4 is 11.0 Å². The van der Waals surface area contributed by atoms with Crippen LogP contribution in [0.5, 0.6) is 0 Å². The third-order valence-corrected chi connectivity index (χ3v) is 5.05.